The summed E-state index contributed by atoms with van der Waals surface area (Å²) >= 11 is 0. The van der Waals surface area contributed by atoms with Crippen LogP contribution in [0.15, 0.2) is 85.1 Å². The van der Waals surface area contributed by atoms with E-state index in [-0.39, 0.29) is 5.91 Å². The fraction of sp³-hybridized carbons (Fsp3) is 0.250. The minimum atomic E-state index is 0.0970. The Balaban J connectivity index is 1.35. The van der Waals surface area contributed by atoms with Crippen LogP contribution in [0.1, 0.15) is 39.3 Å². The predicted molar refractivity (Wildman–Crippen MR) is 155 cm³/mol. The molecular weight excluding hydrogens is 484 g/mol. The maximum atomic E-state index is 13.3. The molecule has 0 saturated carbocycles. The zero-order valence-electron chi connectivity index (χ0n) is 22.4. The van der Waals surface area contributed by atoms with Crippen LogP contribution in [0.5, 0.6) is 0 Å². The van der Waals surface area contributed by atoms with E-state index in [1.165, 1.54) is 11.1 Å². The van der Waals surface area contributed by atoms with Gasteiger partial charge in [-0.1, -0.05) is 66.2 Å². The lowest BCUT2D eigenvalue weighted by Gasteiger charge is -2.24. The minimum absolute atomic E-state index is 0.0970. The van der Waals surface area contributed by atoms with E-state index in [9.17, 15) is 4.79 Å². The summed E-state index contributed by atoms with van der Waals surface area (Å²) < 4.78 is 1.89. The average Bonchev–Trinajstić information content (AvgIpc) is 3.23. The summed E-state index contributed by atoms with van der Waals surface area (Å²) in [6, 6.07) is 26.4. The molecule has 1 saturated heterocycles. The molecular formula is C32H32N6O. The average molecular weight is 517 g/mol. The van der Waals surface area contributed by atoms with E-state index in [2.05, 4.69) is 36.1 Å². The van der Waals surface area contributed by atoms with Crippen molar-refractivity contribution in [3.63, 3.8) is 0 Å². The third kappa shape index (κ3) is 5.12. The number of carbonyl (C=O) groups is 1. The first kappa shape index (κ1) is 24.8. The van der Waals surface area contributed by atoms with Gasteiger partial charge in [-0.25, -0.2) is 14.6 Å². The highest BCUT2D eigenvalue weighted by Crippen LogP contribution is 2.28. The van der Waals surface area contributed by atoms with Gasteiger partial charge in [-0.15, -0.1) is 0 Å². The summed E-state index contributed by atoms with van der Waals surface area (Å²) in [5.74, 6) is 1.74. The number of nitrogens with zero attached hydrogens (tertiary/aromatic N) is 6. The summed E-state index contributed by atoms with van der Waals surface area (Å²) in [5, 5.41) is 5.64. The van der Waals surface area contributed by atoms with E-state index in [0.29, 0.717) is 19.5 Å². The monoisotopic (exact) mass is 516 g/mol. The van der Waals surface area contributed by atoms with Gasteiger partial charge in [0.05, 0.1) is 17.3 Å². The van der Waals surface area contributed by atoms with Gasteiger partial charge in [0.25, 0.3) is 5.91 Å². The van der Waals surface area contributed by atoms with E-state index in [4.69, 9.17) is 15.1 Å². The van der Waals surface area contributed by atoms with Crippen molar-refractivity contribution in [2.24, 2.45) is 0 Å². The highest BCUT2D eigenvalue weighted by molar-refractivity contribution is 5.95. The number of carbonyl (C=O) groups excluding carboxylic acids is 1. The number of benzene rings is 3. The molecule has 0 radical (unpaired) electrons. The Morgan fingerprint density at radius 2 is 1.59 bits per heavy atom. The number of fused-ring (bicyclic) bond motifs is 1. The lowest BCUT2D eigenvalue weighted by Crippen LogP contribution is -2.35. The first-order valence-electron chi connectivity index (χ1n) is 13.5. The molecule has 3 heterocycles. The van der Waals surface area contributed by atoms with E-state index in [1.807, 2.05) is 77.3 Å². The number of hydrogen-bond donors (Lipinski definition) is 0. The molecule has 0 bridgehead atoms. The number of para-hydroxylation sites is 1. The fourth-order valence-electron chi connectivity index (χ4n) is 5.22. The van der Waals surface area contributed by atoms with E-state index < -0.39 is 0 Å². The van der Waals surface area contributed by atoms with Crippen molar-refractivity contribution in [1.82, 2.24) is 24.6 Å². The first-order valence-corrected chi connectivity index (χ1v) is 13.5. The van der Waals surface area contributed by atoms with Crippen molar-refractivity contribution in [1.29, 1.82) is 0 Å². The van der Waals surface area contributed by atoms with Crippen LogP contribution >= 0.6 is 0 Å². The Hall–Kier alpha value is -4.52. The third-order valence-electron chi connectivity index (χ3n) is 7.40. The van der Waals surface area contributed by atoms with Crippen molar-refractivity contribution in [2.45, 2.75) is 26.7 Å². The SMILES string of the molecule is Cc1ccc(Cc2nc(N3CCCN(C(=O)c4ccccc4C)CC3)c3cnn(-c4ccccc4)c3n2)cc1. The Morgan fingerprint density at radius 3 is 2.38 bits per heavy atom. The zero-order valence-corrected chi connectivity index (χ0v) is 22.4. The molecule has 0 atom stereocenters. The van der Waals surface area contributed by atoms with Crippen molar-refractivity contribution < 1.29 is 4.79 Å². The maximum absolute atomic E-state index is 13.3. The Morgan fingerprint density at radius 1 is 0.821 bits per heavy atom. The molecule has 0 N–H and O–H groups in total. The molecule has 1 aliphatic rings. The van der Waals surface area contributed by atoms with Crippen molar-refractivity contribution >= 4 is 22.8 Å². The van der Waals surface area contributed by atoms with E-state index >= 15 is 0 Å². The smallest absolute Gasteiger partial charge is 0.254 e. The van der Waals surface area contributed by atoms with Gasteiger partial charge in [-0.05, 0) is 49.6 Å². The van der Waals surface area contributed by atoms with Gasteiger partial charge in [-0.2, -0.15) is 5.10 Å². The Kier molecular flexibility index (Phi) is 6.80. The molecule has 1 aliphatic heterocycles. The summed E-state index contributed by atoms with van der Waals surface area (Å²) in [4.78, 5) is 27.7. The van der Waals surface area contributed by atoms with Crippen LogP contribution in [0.3, 0.4) is 0 Å². The Bertz CT molecular complexity index is 1610. The number of aromatic nitrogens is 4. The quantitative estimate of drug-likeness (QED) is 0.314. The molecule has 1 amide bonds. The van der Waals surface area contributed by atoms with Gasteiger partial charge in [0, 0.05) is 38.2 Å². The van der Waals surface area contributed by atoms with Crippen LogP contribution in [-0.2, 0) is 6.42 Å². The highest BCUT2D eigenvalue weighted by Gasteiger charge is 2.24. The molecule has 39 heavy (non-hydrogen) atoms. The molecule has 1 fully saturated rings. The van der Waals surface area contributed by atoms with Crippen molar-refractivity contribution in [3.05, 3.63) is 113 Å². The van der Waals surface area contributed by atoms with Crippen LogP contribution in [0, 0.1) is 13.8 Å². The normalized spacial score (nSPS) is 14.0. The topological polar surface area (TPSA) is 67.2 Å². The lowest BCUT2D eigenvalue weighted by molar-refractivity contribution is 0.0766. The second kappa shape index (κ2) is 10.7. The van der Waals surface area contributed by atoms with Crippen LogP contribution in [0.4, 0.5) is 5.82 Å². The van der Waals surface area contributed by atoms with E-state index in [1.54, 1.807) is 0 Å². The number of rotatable bonds is 5. The van der Waals surface area contributed by atoms with Crippen LogP contribution in [0.2, 0.25) is 0 Å². The van der Waals surface area contributed by atoms with Gasteiger partial charge >= 0.3 is 0 Å². The summed E-state index contributed by atoms with van der Waals surface area (Å²) in [5.41, 5.74) is 5.94. The molecule has 0 spiro atoms. The third-order valence-corrected chi connectivity index (χ3v) is 7.40. The first-order chi connectivity index (χ1) is 19.1. The largest absolute Gasteiger partial charge is 0.354 e. The minimum Gasteiger partial charge on any atom is -0.354 e. The summed E-state index contributed by atoms with van der Waals surface area (Å²) in [7, 11) is 0. The summed E-state index contributed by atoms with van der Waals surface area (Å²) in [6.45, 7) is 6.95. The predicted octanol–water partition coefficient (Wildman–Crippen LogP) is 5.38. The zero-order chi connectivity index (χ0) is 26.8. The molecule has 2 aromatic heterocycles. The Labute approximate surface area is 228 Å². The van der Waals surface area contributed by atoms with Gasteiger partial charge < -0.3 is 9.80 Å². The standard InChI is InChI=1S/C32H32N6O/c1-23-13-15-25(16-14-23)21-29-34-30(28-22-33-38(31(28)35-29)26-10-4-3-5-11-26)36-17-8-18-37(20-19-36)32(39)27-12-7-6-9-24(27)2/h3-7,9-16,22H,8,17-21H2,1-2H3. The van der Waals surface area contributed by atoms with Gasteiger partial charge in [-0.3, -0.25) is 4.79 Å². The molecule has 196 valence electrons. The highest BCUT2D eigenvalue weighted by atomic mass is 16.2. The summed E-state index contributed by atoms with van der Waals surface area (Å²) in [6.07, 6.45) is 3.37. The van der Waals surface area contributed by atoms with Crippen molar-refractivity contribution in [2.75, 3.05) is 31.1 Å². The van der Waals surface area contributed by atoms with E-state index in [0.717, 1.165) is 59.0 Å². The fourth-order valence-corrected chi connectivity index (χ4v) is 5.22. The second-order valence-electron chi connectivity index (χ2n) is 10.2. The number of hydrogen-bond acceptors (Lipinski definition) is 5. The van der Waals surface area contributed by atoms with Crippen molar-refractivity contribution in [3.8, 4) is 5.69 Å². The molecule has 3 aromatic carbocycles. The van der Waals surface area contributed by atoms with Gasteiger partial charge in [0.15, 0.2) is 5.65 Å². The molecule has 7 nitrogen and oxygen atoms in total. The number of aryl methyl sites for hydroxylation is 2. The van der Waals surface area contributed by atoms with Crippen LogP contribution in [0.25, 0.3) is 16.7 Å². The number of amides is 1. The molecule has 5 aromatic rings. The maximum Gasteiger partial charge on any atom is 0.254 e. The van der Waals surface area contributed by atoms with Gasteiger partial charge in [0.2, 0.25) is 0 Å². The lowest BCUT2D eigenvalue weighted by atomic mass is 10.1. The van der Waals surface area contributed by atoms with Crippen LogP contribution < -0.4 is 4.90 Å². The molecule has 0 aliphatic carbocycles. The molecule has 7 heteroatoms. The molecule has 6 rings (SSSR count). The van der Waals surface area contributed by atoms with Crippen LogP contribution in [-0.4, -0.2) is 56.7 Å². The van der Waals surface area contributed by atoms with Gasteiger partial charge in [0.1, 0.15) is 11.6 Å². The number of anilines is 1. The molecule has 0 unspecified atom stereocenters. The second-order valence-corrected chi connectivity index (χ2v) is 10.2.